The topological polar surface area (TPSA) is 123 Å². The van der Waals surface area contributed by atoms with Crippen LogP contribution in [-0.2, 0) is 14.8 Å². The van der Waals surface area contributed by atoms with Gasteiger partial charge in [-0.25, -0.2) is 8.42 Å². The molecule has 1 saturated heterocycles. The highest BCUT2D eigenvalue weighted by Crippen LogP contribution is 2.29. The molecule has 1 aliphatic rings. The number of hydrogen-bond acceptors (Lipinski definition) is 8. The Bertz CT molecular complexity index is 1370. The number of fused-ring (bicyclic) bond motifs is 1. The zero-order chi connectivity index (χ0) is 24.3. The summed E-state index contributed by atoms with van der Waals surface area (Å²) in [5.41, 5.74) is 3.87. The molecule has 4 rings (SSSR count). The minimum atomic E-state index is -3.86. The summed E-state index contributed by atoms with van der Waals surface area (Å²) >= 11 is 0. The van der Waals surface area contributed by atoms with Gasteiger partial charge in [0.1, 0.15) is 11.4 Å². The molecule has 11 heteroatoms. The number of nitro groups is 1. The zero-order valence-corrected chi connectivity index (χ0v) is 19.5. The van der Waals surface area contributed by atoms with Gasteiger partial charge in [0.05, 0.1) is 35.9 Å². The third-order valence-corrected chi connectivity index (χ3v) is 7.48. The highest BCUT2D eigenvalue weighted by Gasteiger charge is 2.28. The number of methoxy groups -OCH3 is 1. The highest BCUT2D eigenvalue weighted by molar-refractivity contribution is 7.89. The summed E-state index contributed by atoms with van der Waals surface area (Å²) < 4.78 is 37.4. The van der Waals surface area contributed by atoms with Crippen molar-refractivity contribution in [3.05, 3.63) is 70.3 Å². The lowest BCUT2D eigenvalue weighted by molar-refractivity contribution is -0.384. The van der Waals surface area contributed by atoms with E-state index < -0.39 is 14.9 Å². The van der Waals surface area contributed by atoms with Crippen LogP contribution in [0.2, 0.25) is 0 Å². The van der Waals surface area contributed by atoms with Gasteiger partial charge in [0.25, 0.3) is 5.69 Å². The summed E-state index contributed by atoms with van der Waals surface area (Å²) in [6, 6.07) is 15.3. The molecule has 1 N–H and O–H groups in total. The fourth-order valence-electron chi connectivity index (χ4n) is 3.64. The second-order valence-electron chi connectivity index (χ2n) is 7.69. The molecule has 3 aromatic carbocycles. The molecule has 1 fully saturated rings. The van der Waals surface area contributed by atoms with Crippen LogP contribution in [-0.4, -0.2) is 56.8 Å². The van der Waals surface area contributed by atoms with E-state index in [4.69, 9.17) is 9.47 Å². The predicted octanol–water partition coefficient (Wildman–Crippen LogP) is 3.61. The first kappa shape index (κ1) is 23.6. The lowest BCUT2D eigenvalue weighted by atomic mass is 10.0. The molecule has 0 spiro atoms. The Labute approximate surface area is 197 Å². The van der Waals surface area contributed by atoms with Crippen molar-refractivity contribution in [3.8, 4) is 5.75 Å². The van der Waals surface area contributed by atoms with Crippen LogP contribution in [0.4, 0.5) is 11.4 Å². The Morgan fingerprint density at radius 3 is 2.50 bits per heavy atom. The average Bonchev–Trinajstić information content (AvgIpc) is 2.86. The predicted molar refractivity (Wildman–Crippen MR) is 129 cm³/mol. The normalized spacial score (nSPS) is 15.3. The van der Waals surface area contributed by atoms with Gasteiger partial charge >= 0.3 is 0 Å². The maximum absolute atomic E-state index is 12.9. The number of ether oxygens (including phenoxy) is 2. The van der Waals surface area contributed by atoms with Crippen molar-refractivity contribution in [2.75, 3.05) is 38.8 Å². The maximum Gasteiger partial charge on any atom is 0.295 e. The molecule has 0 aliphatic carbocycles. The summed E-state index contributed by atoms with van der Waals surface area (Å²) in [6.07, 6.45) is 0. The van der Waals surface area contributed by atoms with Crippen LogP contribution in [0.25, 0.3) is 10.8 Å². The molecule has 0 saturated carbocycles. The van der Waals surface area contributed by atoms with Crippen LogP contribution >= 0.6 is 0 Å². The van der Waals surface area contributed by atoms with Crippen LogP contribution in [0, 0.1) is 10.1 Å². The molecule has 0 amide bonds. The Balaban J connectivity index is 1.59. The number of hydrogen-bond donors (Lipinski definition) is 1. The van der Waals surface area contributed by atoms with Crippen LogP contribution in [0.15, 0.2) is 64.6 Å². The average molecular weight is 485 g/mol. The van der Waals surface area contributed by atoms with Crippen LogP contribution in [0.5, 0.6) is 5.75 Å². The standard InChI is InChI=1S/C23H24N4O6S/c1-16(17-3-4-19-14-20(32-2)6-5-18(19)13-17)24-25-22-8-7-21(15-23(22)27(28)29)34(30,31)26-9-11-33-12-10-26/h3-8,13-15,25H,9-12H2,1-2H3/b24-16-. The molecular formula is C23H24N4O6S. The third kappa shape index (κ3) is 4.86. The van der Waals surface area contributed by atoms with Gasteiger partial charge in [-0.05, 0) is 53.6 Å². The number of nitro benzene ring substituents is 1. The summed E-state index contributed by atoms with van der Waals surface area (Å²) in [4.78, 5) is 10.9. The quantitative estimate of drug-likeness (QED) is 0.309. The first-order chi connectivity index (χ1) is 16.3. The lowest BCUT2D eigenvalue weighted by Gasteiger charge is -2.26. The molecule has 34 heavy (non-hydrogen) atoms. The molecule has 0 aromatic heterocycles. The fourth-order valence-corrected chi connectivity index (χ4v) is 5.07. The number of sulfonamides is 1. The van der Waals surface area contributed by atoms with Gasteiger partial charge in [-0.2, -0.15) is 9.41 Å². The summed E-state index contributed by atoms with van der Waals surface area (Å²) in [5, 5.41) is 18.0. The van der Waals surface area contributed by atoms with E-state index in [1.54, 1.807) is 14.0 Å². The summed E-state index contributed by atoms with van der Waals surface area (Å²) in [7, 11) is -2.25. The van der Waals surface area contributed by atoms with Crippen molar-refractivity contribution in [2.24, 2.45) is 5.10 Å². The number of morpholine rings is 1. The van der Waals surface area contributed by atoms with Crippen molar-refractivity contribution in [1.29, 1.82) is 0 Å². The number of rotatable bonds is 7. The van der Waals surface area contributed by atoms with Gasteiger partial charge in [0.2, 0.25) is 10.0 Å². The van der Waals surface area contributed by atoms with E-state index in [0.717, 1.165) is 28.2 Å². The van der Waals surface area contributed by atoms with E-state index in [-0.39, 0.29) is 42.6 Å². The smallest absolute Gasteiger partial charge is 0.295 e. The number of anilines is 1. The molecule has 0 unspecified atom stereocenters. The van der Waals surface area contributed by atoms with Crippen molar-refractivity contribution in [3.63, 3.8) is 0 Å². The monoisotopic (exact) mass is 484 g/mol. The van der Waals surface area contributed by atoms with E-state index in [1.165, 1.54) is 16.4 Å². The Hall–Kier alpha value is -3.54. The number of nitrogens with one attached hydrogen (secondary N) is 1. The molecule has 0 bridgehead atoms. The van der Waals surface area contributed by atoms with Crippen molar-refractivity contribution < 1.29 is 22.8 Å². The van der Waals surface area contributed by atoms with E-state index in [1.807, 2.05) is 36.4 Å². The second kappa shape index (κ2) is 9.75. The molecule has 1 aliphatic heterocycles. The SMILES string of the molecule is COc1ccc2cc(/C(C)=N\Nc3ccc(S(=O)(=O)N4CCOCC4)cc3[N+](=O)[O-])ccc2c1. The van der Waals surface area contributed by atoms with Gasteiger partial charge < -0.3 is 9.47 Å². The van der Waals surface area contributed by atoms with E-state index in [0.29, 0.717) is 5.71 Å². The maximum atomic E-state index is 12.9. The number of nitrogens with zero attached hydrogens (tertiary/aromatic N) is 3. The molecule has 178 valence electrons. The Morgan fingerprint density at radius 2 is 1.79 bits per heavy atom. The van der Waals surface area contributed by atoms with Crippen LogP contribution < -0.4 is 10.2 Å². The second-order valence-corrected chi connectivity index (χ2v) is 9.63. The zero-order valence-electron chi connectivity index (χ0n) is 18.7. The summed E-state index contributed by atoms with van der Waals surface area (Å²) in [5.74, 6) is 0.763. The van der Waals surface area contributed by atoms with E-state index in [9.17, 15) is 18.5 Å². The number of hydrazone groups is 1. The van der Waals surface area contributed by atoms with Gasteiger partial charge in [-0.1, -0.05) is 18.2 Å². The molecule has 10 nitrogen and oxygen atoms in total. The van der Waals surface area contributed by atoms with Gasteiger partial charge in [0.15, 0.2) is 0 Å². The highest BCUT2D eigenvalue weighted by atomic mass is 32.2. The molecule has 3 aromatic rings. The molecular weight excluding hydrogens is 460 g/mol. The molecule has 1 heterocycles. The van der Waals surface area contributed by atoms with Crippen molar-refractivity contribution in [2.45, 2.75) is 11.8 Å². The van der Waals surface area contributed by atoms with Crippen molar-refractivity contribution >= 4 is 37.9 Å². The van der Waals surface area contributed by atoms with Gasteiger partial charge in [-0.3, -0.25) is 15.5 Å². The minimum Gasteiger partial charge on any atom is -0.497 e. The van der Waals surface area contributed by atoms with E-state index in [2.05, 4.69) is 10.5 Å². The lowest BCUT2D eigenvalue weighted by Crippen LogP contribution is -2.40. The van der Waals surface area contributed by atoms with Gasteiger partial charge in [0, 0.05) is 19.2 Å². The first-order valence-electron chi connectivity index (χ1n) is 10.5. The van der Waals surface area contributed by atoms with E-state index >= 15 is 0 Å². The largest absolute Gasteiger partial charge is 0.497 e. The molecule has 0 radical (unpaired) electrons. The fraction of sp³-hybridized carbons (Fsp3) is 0.261. The van der Waals surface area contributed by atoms with Crippen LogP contribution in [0.3, 0.4) is 0 Å². The minimum absolute atomic E-state index is 0.0933. The van der Waals surface area contributed by atoms with Crippen LogP contribution in [0.1, 0.15) is 12.5 Å². The van der Waals surface area contributed by atoms with Gasteiger partial charge in [-0.15, -0.1) is 0 Å². The van der Waals surface area contributed by atoms with Crippen molar-refractivity contribution in [1.82, 2.24) is 4.31 Å². The molecule has 0 atom stereocenters. The Morgan fingerprint density at radius 1 is 1.09 bits per heavy atom. The summed E-state index contributed by atoms with van der Waals surface area (Å²) in [6.45, 7) is 2.77. The third-order valence-electron chi connectivity index (χ3n) is 5.58. The Kier molecular flexibility index (Phi) is 6.77. The first-order valence-corrected chi connectivity index (χ1v) is 12.0. The number of benzene rings is 3.